The molecule has 0 radical (unpaired) electrons. The summed E-state index contributed by atoms with van der Waals surface area (Å²) in [5.74, 6) is -0.909. The Morgan fingerprint density at radius 1 is 1.08 bits per heavy atom. The highest BCUT2D eigenvalue weighted by Crippen LogP contribution is 2.15. The molecule has 2 rings (SSSR count). The first-order valence-electron chi connectivity index (χ1n) is 8.35. The van der Waals surface area contributed by atoms with Crippen molar-refractivity contribution in [2.24, 2.45) is 0 Å². The van der Waals surface area contributed by atoms with Crippen molar-refractivity contribution in [2.75, 3.05) is 7.05 Å². The molecule has 0 aliphatic heterocycles. The van der Waals surface area contributed by atoms with Gasteiger partial charge in [-0.25, -0.2) is 4.39 Å². The number of hydrogen-bond donors (Lipinski definition) is 1. The van der Waals surface area contributed by atoms with Crippen molar-refractivity contribution in [3.05, 3.63) is 71.5 Å². The number of hydrogen-bond acceptors (Lipinski definition) is 2. The minimum absolute atomic E-state index is 0.0764. The van der Waals surface area contributed by atoms with Crippen LogP contribution in [0.3, 0.4) is 0 Å². The van der Waals surface area contributed by atoms with E-state index in [0.29, 0.717) is 18.5 Å². The number of amides is 2. The van der Waals surface area contributed by atoms with E-state index in [4.69, 9.17) is 0 Å². The zero-order valence-electron chi connectivity index (χ0n) is 14.5. The van der Waals surface area contributed by atoms with Crippen LogP contribution in [0.2, 0.25) is 0 Å². The molecule has 132 valence electrons. The molecule has 0 bridgehead atoms. The van der Waals surface area contributed by atoms with Crippen LogP contribution >= 0.6 is 0 Å². The lowest BCUT2D eigenvalue weighted by molar-refractivity contribution is -0.140. The van der Waals surface area contributed by atoms with Crippen LogP contribution in [0.4, 0.5) is 4.39 Å². The molecule has 2 amide bonds. The summed E-state index contributed by atoms with van der Waals surface area (Å²) in [6.07, 6.45) is 0.405. The van der Waals surface area contributed by atoms with Gasteiger partial charge in [0.15, 0.2) is 0 Å². The van der Waals surface area contributed by atoms with E-state index in [9.17, 15) is 14.0 Å². The second-order valence-corrected chi connectivity index (χ2v) is 5.81. The normalized spacial score (nSPS) is 11.6. The van der Waals surface area contributed by atoms with Gasteiger partial charge in [-0.2, -0.15) is 0 Å². The molecule has 25 heavy (non-hydrogen) atoms. The highest BCUT2D eigenvalue weighted by molar-refractivity contribution is 5.88. The fourth-order valence-electron chi connectivity index (χ4n) is 2.77. The van der Waals surface area contributed by atoms with Gasteiger partial charge in [-0.1, -0.05) is 55.5 Å². The van der Waals surface area contributed by atoms with Gasteiger partial charge in [0.25, 0.3) is 0 Å². The van der Waals surface area contributed by atoms with Gasteiger partial charge in [0.1, 0.15) is 11.9 Å². The Labute approximate surface area is 147 Å². The SMILES string of the molecule is CC[C@H](C(=O)NC)N(Cc1ccccc1)C(=O)Cc1ccccc1F. The summed E-state index contributed by atoms with van der Waals surface area (Å²) >= 11 is 0. The van der Waals surface area contributed by atoms with Gasteiger partial charge >= 0.3 is 0 Å². The molecule has 0 aliphatic rings. The average molecular weight is 342 g/mol. The van der Waals surface area contributed by atoms with Gasteiger partial charge in [0, 0.05) is 13.6 Å². The molecule has 2 aromatic rings. The number of nitrogens with one attached hydrogen (secondary N) is 1. The van der Waals surface area contributed by atoms with Crippen LogP contribution < -0.4 is 5.32 Å². The average Bonchev–Trinajstić information content (AvgIpc) is 2.64. The van der Waals surface area contributed by atoms with E-state index in [1.54, 1.807) is 25.2 Å². The second-order valence-electron chi connectivity index (χ2n) is 5.81. The van der Waals surface area contributed by atoms with Crippen LogP contribution in [0.1, 0.15) is 24.5 Å². The summed E-state index contributed by atoms with van der Waals surface area (Å²) in [6.45, 7) is 2.16. The van der Waals surface area contributed by atoms with Crippen LogP contribution in [0.25, 0.3) is 0 Å². The number of nitrogens with zero attached hydrogens (tertiary/aromatic N) is 1. The molecule has 0 aliphatic carbocycles. The first-order chi connectivity index (χ1) is 12.1. The van der Waals surface area contributed by atoms with E-state index in [1.165, 1.54) is 11.0 Å². The Hall–Kier alpha value is -2.69. The molecule has 4 nitrogen and oxygen atoms in total. The lowest BCUT2D eigenvalue weighted by Crippen LogP contribution is -2.48. The van der Waals surface area contributed by atoms with Gasteiger partial charge < -0.3 is 10.2 Å². The zero-order chi connectivity index (χ0) is 18.2. The van der Waals surface area contributed by atoms with Crippen molar-refractivity contribution < 1.29 is 14.0 Å². The van der Waals surface area contributed by atoms with E-state index in [-0.39, 0.29) is 18.2 Å². The largest absolute Gasteiger partial charge is 0.357 e. The van der Waals surface area contributed by atoms with Gasteiger partial charge in [0.2, 0.25) is 11.8 Å². The number of likely N-dealkylation sites (N-methyl/N-ethyl adjacent to an activating group) is 1. The van der Waals surface area contributed by atoms with Crippen LogP contribution in [0, 0.1) is 5.82 Å². The zero-order valence-corrected chi connectivity index (χ0v) is 14.5. The summed E-state index contributed by atoms with van der Waals surface area (Å²) in [5, 5.41) is 2.61. The molecule has 0 saturated heterocycles. The summed E-state index contributed by atoms with van der Waals surface area (Å²) in [6, 6.07) is 15.1. The van der Waals surface area contributed by atoms with Gasteiger partial charge in [0.05, 0.1) is 6.42 Å². The molecule has 0 aromatic heterocycles. The first-order valence-corrected chi connectivity index (χ1v) is 8.35. The van der Waals surface area contributed by atoms with Crippen molar-refractivity contribution in [1.82, 2.24) is 10.2 Å². The molecule has 2 aromatic carbocycles. The molecule has 1 N–H and O–H groups in total. The summed E-state index contributed by atoms with van der Waals surface area (Å²) in [4.78, 5) is 26.6. The van der Waals surface area contributed by atoms with Crippen molar-refractivity contribution in [3.8, 4) is 0 Å². The van der Waals surface area contributed by atoms with Gasteiger partial charge in [-0.05, 0) is 23.6 Å². The van der Waals surface area contributed by atoms with Crippen LogP contribution in [-0.2, 0) is 22.6 Å². The first kappa shape index (κ1) is 18.6. The molecule has 0 unspecified atom stereocenters. The molecular weight excluding hydrogens is 319 g/mol. The minimum atomic E-state index is -0.593. The number of halogens is 1. The molecule has 0 heterocycles. The van der Waals surface area contributed by atoms with E-state index >= 15 is 0 Å². The molecule has 0 saturated carbocycles. The lowest BCUT2D eigenvalue weighted by atomic mass is 10.1. The van der Waals surface area contributed by atoms with Crippen molar-refractivity contribution in [2.45, 2.75) is 32.4 Å². The third-order valence-electron chi connectivity index (χ3n) is 4.13. The number of carbonyl (C=O) groups excluding carboxylic acids is 2. The van der Waals surface area contributed by atoms with E-state index in [1.807, 2.05) is 37.3 Å². The number of benzene rings is 2. The smallest absolute Gasteiger partial charge is 0.242 e. The standard InChI is InChI=1S/C20H23FN2O2/c1-3-18(20(25)22-2)23(14-15-9-5-4-6-10-15)19(24)13-16-11-7-8-12-17(16)21/h4-12,18H,3,13-14H2,1-2H3,(H,22,25)/t18-/m1/s1. The Morgan fingerprint density at radius 3 is 2.32 bits per heavy atom. The quantitative estimate of drug-likeness (QED) is 0.841. The Bertz CT molecular complexity index is 719. The topological polar surface area (TPSA) is 49.4 Å². The fraction of sp³-hybridized carbons (Fsp3) is 0.300. The summed E-state index contributed by atoms with van der Waals surface area (Å²) in [7, 11) is 1.55. The van der Waals surface area contributed by atoms with E-state index in [0.717, 1.165) is 5.56 Å². The highest BCUT2D eigenvalue weighted by atomic mass is 19.1. The highest BCUT2D eigenvalue weighted by Gasteiger charge is 2.28. The van der Waals surface area contributed by atoms with Gasteiger partial charge in [-0.15, -0.1) is 0 Å². The number of rotatable bonds is 7. The Balaban J connectivity index is 2.27. The molecule has 0 fully saturated rings. The minimum Gasteiger partial charge on any atom is -0.357 e. The lowest BCUT2D eigenvalue weighted by Gasteiger charge is -2.30. The second kappa shape index (κ2) is 8.97. The predicted octanol–water partition coefficient (Wildman–Crippen LogP) is 2.92. The third-order valence-corrected chi connectivity index (χ3v) is 4.13. The number of carbonyl (C=O) groups is 2. The molecular formula is C20H23FN2O2. The van der Waals surface area contributed by atoms with E-state index < -0.39 is 11.9 Å². The van der Waals surface area contributed by atoms with E-state index in [2.05, 4.69) is 5.32 Å². The van der Waals surface area contributed by atoms with Gasteiger partial charge in [-0.3, -0.25) is 9.59 Å². The Morgan fingerprint density at radius 2 is 1.72 bits per heavy atom. The molecule has 1 atom stereocenters. The third kappa shape index (κ3) is 4.89. The Kier molecular flexibility index (Phi) is 6.69. The maximum atomic E-state index is 13.9. The van der Waals surface area contributed by atoms with Crippen molar-refractivity contribution >= 4 is 11.8 Å². The monoisotopic (exact) mass is 342 g/mol. The van der Waals surface area contributed by atoms with Crippen molar-refractivity contribution in [1.29, 1.82) is 0 Å². The molecule has 0 spiro atoms. The summed E-state index contributed by atoms with van der Waals surface area (Å²) in [5.41, 5.74) is 1.25. The van der Waals surface area contributed by atoms with Crippen LogP contribution in [0.15, 0.2) is 54.6 Å². The predicted molar refractivity (Wildman–Crippen MR) is 95.2 cm³/mol. The maximum Gasteiger partial charge on any atom is 0.242 e. The fourth-order valence-corrected chi connectivity index (χ4v) is 2.77. The van der Waals surface area contributed by atoms with Crippen molar-refractivity contribution in [3.63, 3.8) is 0 Å². The van der Waals surface area contributed by atoms with Crippen LogP contribution in [-0.4, -0.2) is 29.8 Å². The maximum absolute atomic E-state index is 13.9. The van der Waals surface area contributed by atoms with Crippen LogP contribution in [0.5, 0.6) is 0 Å². The molecule has 5 heteroatoms. The summed E-state index contributed by atoms with van der Waals surface area (Å²) < 4.78 is 13.9.